The molecule has 3 fully saturated rings. The third kappa shape index (κ3) is 5.58. The molecular formula is C30H31F3N10O2. The minimum absolute atomic E-state index is 0.226. The van der Waals surface area contributed by atoms with Gasteiger partial charge in [0, 0.05) is 61.6 Å². The largest absolute Gasteiger partial charge is 0.474 e. The van der Waals surface area contributed by atoms with Gasteiger partial charge in [0.05, 0.1) is 24.4 Å². The van der Waals surface area contributed by atoms with Gasteiger partial charge >= 0.3 is 6.18 Å². The number of halogens is 3. The van der Waals surface area contributed by atoms with E-state index in [1.165, 1.54) is 17.3 Å². The van der Waals surface area contributed by atoms with E-state index < -0.39 is 23.4 Å². The van der Waals surface area contributed by atoms with Crippen LogP contribution < -0.4 is 4.74 Å². The Balaban J connectivity index is 0.996. The van der Waals surface area contributed by atoms with Crippen molar-refractivity contribution in [2.24, 2.45) is 0 Å². The van der Waals surface area contributed by atoms with Crippen molar-refractivity contribution in [2.45, 2.75) is 68.8 Å². The smallest absolute Gasteiger partial charge is 0.451 e. The van der Waals surface area contributed by atoms with Gasteiger partial charge in [0.1, 0.15) is 29.3 Å². The van der Waals surface area contributed by atoms with Gasteiger partial charge in [-0.1, -0.05) is 0 Å². The van der Waals surface area contributed by atoms with Crippen LogP contribution >= 0.6 is 0 Å². The van der Waals surface area contributed by atoms with Crippen molar-refractivity contribution in [1.82, 2.24) is 44.5 Å². The molecule has 2 aliphatic heterocycles. The van der Waals surface area contributed by atoms with Crippen LogP contribution in [0.3, 0.4) is 0 Å². The van der Waals surface area contributed by atoms with E-state index in [0.717, 1.165) is 48.0 Å². The second-order valence-electron chi connectivity index (χ2n) is 12.1. The molecule has 1 aliphatic carbocycles. The molecule has 15 heteroatoms. The highest BCUT2D eigenvalue weighted by Gasteiger charge is 2.48. The number of fused-ring (bicyclic) bond motifs is 1. The monoisotopic (exact) mass is 620 g/mol. The van der Waals surface area contributed by atoms with Crippen molar-refractivity contribution < 1.29 is 22.7 Å². The van der Waals surface area contributed by atoms with Gasteiger partial charge in [0.25, 0.3) is 5.91 Å². The van der Waals surface area contributed by atoms with E-state index in [4.69, 9.17) is 4.74 Å². The van der Waals surface area contributed by atoms with Gasteiger partial charge in [0.2, 0.25) is 11.7 Å². The molecule has 0 radical (unpaired) electrons. The average molecular weight is 621 g/mol. The summed E-state index contributed by atoms with van der Waals surface area (Å²) < 4.78 is 48.6. The topological polar surface area (TPSA) is 142 Å². The lowest BCUT2D eigenvalue weighted by Gasteiger charge is -2.53. The van der Waals surface area contributed by atoms with Crippen LogP contribution in [0.4, 0.5) is 13.2 Å². The number of nitrogens with one attached hydrogen (secondary N) is 1. The molecule has 4 aromatic rings. The minimum atomic E-state index is -4.80. The number of alkyl halides is 3. The molecule has 234 valence electrons. The molecule has 2 saturated heterocycles. The number of rotatable bonds is 7. The van der Waals surface area contributed by atoms with Crippen LogP contribution in [0.15, 0.2) is 37.1 Å². The number of hydrogen-bond donors (Lipinski definition) is 1. The number of nitrogens with zero attached hydrogens (tertiary/aromatic N) is 9. The molecule has 1 saturated carbocycles. The maximum atomic E-state index is 13.6. The van der Waals surface area contributed by atoms with Gasteiger partial charge in [-0.05, 0) is 44.6 Å². The summed E-state index contributed by atoms with van der Waals surface area (Å²) in [5, 5.41) is 15.2. The number of carbonyl (C=O) groups excluding carboxylic acids is 1. The lowest BCUT2D eigenvalue weighted by Crippen LogP contribution is -2.65. The SMILES string of the molecule is N#CCC1(n2cc(-c3ncnc4[nH]ccc34)cn2)CN([C@H]2CC[C@@H](Oc3cc(C(=O)N4CCCC4)nc(C(F)(F)F)n3)CC2)C1. The van der Waals surface area contributed by atoms with Crippen molar-refractivity contribution >= 4 is 16.9 Å². The Morgan fingerprint density at radius 1 is 1.13 bits per heavy atom. The summed E-state index contributed by atoms with van der Waals surface area (Å²) in [5.41, 5.74) is 1.60. The maximum Gasteiger partial charge on any atom is 0.451 e. The molecule has 45 heavy (non-hydrogen) atoms. The zero-order chi connectivity index (χ0) is 31.2. The van der Waals surface area contributed by atoms with Crippen LogP contribution in [0.5, 0.6) is 5.88 Å². The maximum absolute atomic E-state index is 13.6. The predicted octanol–water partition coefficient (Wildman–Crippen LogP) is 4.18. The first-order valence-corrected chi connectivity index (χ1v) is 15.1. The van der Waals surface area contributed by atoms with Gasteiger partial charge in [-0.2, -0.15) is 28.5 Å². The molecule has 1 amide bonds. The fourth-order valence-corrected chi connectivity index (χ4v) is 6.76. The van der Waals surface area contributed by atoms with E-state index in [1.54, 1.807) is 6.20 Å². The van der Waals surface area contributed by atoms with Crippen LogP contribution in [-0.4, -0.2) is 88.7 Å². The number of ether oxygens (including phenoxy) is 1. The molecule has 12 nitrogen and oxygen atoms in total. The number of amides is 1. The van der Waals surface area contributed by atoms with Gasteiger partial charge in [-0.25, -0.2) is 15.0 Å². The molecular weight excluding hydrogens is 589 g/mol. The third-order valence-corrected chi connectivity index (χ3v) is 9.12. The molecule has 0 bridgehead atoms. The van der Waals surface area contributed by atoms with Gasteiger partial charge < -0.3 is 14.6 Å². The summed E-state index contributed by atoms with van der Waals surface area (Å²) in [6, 6.07) is 5.73. The van der Waals surface area contributed by atoms with Crippen LogP contribution in [-0.2, 0) is 11.7 Å². The molecule has 0 unspecified atom stereocenters. The van der Waals surface area contributed by atoms with E-state index in [2.05, 4.69) is 41.0 Å². The summed E-state index contributed by atoms with van der Waals surface area (Å²) in [6.45, 7) is 2.31. The number of aromatic amines is 1. The predicted molar refractivity (Wildman–Crippen MR) is 154 cm³/mol. The Bertz CT molecular complexity index is 1740. The molecule has 0 spiro atoms. The van der Waals surface area contributed by atoms with Crippen molar-refractivity contribution in [3.05, 3.63) is 48.6 Å². The molecule has 7 rings (SSSR count). The molecule has 3 aliphatic rings. The minimum Gasteiger partial charge on any atom is -0.474 e. The van der Waals surface area contributed by atoms with Gasteiger partial charge in [-0.15, -0.1) is 0 Å². The van der Waals surface area contributed by atoms with E-state index in [-0.39, 0.29) is 23.7 Å². The summed E-state index contributed by atoms with van der Waals surface area (Å²) >= 11 is 0. The van der Waals surface area contributed by atoms with Crippen molar-refractivity contribution in [3.8, 4) is 23.2 Å². The second kappa shape index (κ2) is 11.4. The first-order chi connectivity index (χ1) is 21.7. The highest BCUT2D eigenvalue weighted by atomic mass is 19.4. The fraction of sp³-hybridized carbons (Fsp3) is 0.500. The highest BCUT2D eigenvalue weighted by molar-refractivity contribution is 5.92. The summed E-state index contributed by atoms with van der Waals surface area (Å²) in [7, 11) is 0. The van der Waals surface area contributed by atoms with Crippen molar-refractivity contribution in [1.29, 1.82) is 5.26 Å². The first kappa shape index (κ1) is 29.1. The molecule has 6 heterocycles. The van der Waals surface area contributed by atoms with Crippen LogP contribution in [0.2, 0.25) is 0 Å². The Morgan fingerprint density at radius 2 is 1.91 bits per heavy atom. The quantitative estimate of drug-likeness (QED) is 0.322. The number of carbonyl (C=O) groups is 1. The van der Waals surface area contributed by atoms with Gasteiger partial charge in [0.15, 0.2) is 0 Å². The first-order valence-electron chi connectivity index (χ1n) is 15.1. The standard InChI is InChI=1S/C30H31F3N10O2/c31-30(32,33)28-39-23(27(44)41-11-1-2-12-41)13-24(40-28)45-21-5-3-20(4-6-21)42-16-29(17-42,8-9-34)43-15-19(14-38-43)25-22-7-10-35-26(22)37-18-36-25/h7,10,13-15,18,20-21H,1-6,8,11-12,16-17H2,(H,35,36,37)/t20-,21+. The van der Waals surface area contributed by atoms with Crippen LogP contribution in [0.25, 0.3) is 22.3 Å². The molecule has 0 atom stereocenters. The van der Waals surface area contributed by atoms with E-state index in [0.29, 0.717) is 45.4 Å². The fourth-order valence-electron chi connectivity index (χ4n) is 6.76. The van der Waals surface area contributed by atoms with Gasteiger partial charge in [-0.3, -0.25) is 14.4 Å². The van der Waals surface area contributed by atoms with E-state index in [1.807, 2.05) is 23.1 Å². The number of likely N-dealkylation sites (tertiary alicyclic amines) is 2. The van der Waals surface area contributed by atoms with Crippen LogP contribution in [0.1, 0.15) is 61.3 Å². The lowest BCUT2D eigenvalue weighted by molar-refractivity contribution is -0.145. The number of hydrogen-bond acceptors (Lipinski definition) is 9. The lowest BCUT2D eigenvalue weighted by atomic mass is 9.82. The molecule has 0 aromatic carbocycles. The van der Waals surface area contributed by atoms with Crippen LogP contribution in [0, 0.1) is 11.3 Å². The molecule has 1 N–H and O–H groups in total. The average Bonchev–Trinajstić information content (AvgIpc) is 3.81. The van der Waals surface area contributed by atoms with Crippen molar-refractivity contribution in [3.63, 3.8) is 0 Å². The summed E-state index contributed by atoms with van der Waals surface area (Å²) in [5.74, 6) is -2.13. The Kier molecular flexibility index (Phi) is 7.39. The van der Waals surface area contributed by atoms with Crippen molar-refractivity contribution in [2.75, 3.05) is 26.2 Å². The zero-order valence-electron chi connectivity index (χ0n) is 24.4. The van der Waals surface area contributed by atoms with E-state index >= 15 is 0 Å². The highest BCUT2D eigenvalue weighted by Crippen LogP contribution is 2.39. The summed E-state index contributed by atoms with van der Waals surface area (Å²) in [6.07, 6.45) is 6.63. The molecule has 4 aromatic heterocycles. The number of nitriles is 1. The summed E-state index contributed by atoms with van der Waals surface area (Å²) in [4.78, 5) is 35.6. The third-order valence-electron chi connectivity index (χ3n) is 9.12. The Labute approximate surface area is 256 Å². The Hall–Kier alpha value is -4.58. The van der Waals surface area contributed by atoms with E-state index in [9.17, 15) is 23.2 Å². The normalized spacial score (nSPS) is 21.9. The number of aromatic nitrogens is 7. The number of H-pyrrole nitrogens is 1. The second-order valence-corrected chi connectivity index (χ2v) is 12.1. The Morgan fingerprint density at radius 3 is 2.64 bits per heavy atom. The zero-order valence-corrected chi connectivity index (χ0v) is 24.4.